The minimum atomic E-state index is -0.785. The van der Waals surface area contributed by atoms with Crippen LogP contribution in [0.5, 0.6) is 0 Å². The van der Waals surface area contributed by atoms with Crippen molar-refractivity contribution < 1.29 is 15.3 Å². The highest BCUT2D eigenvalue weighted by Gasteiger charge is 2.40. The molecule has 0 amide bonds. The molecule has 1 saturated heterocycles. The molecule has 4 nitrogen and oxygen atoms in total. The van der Waals surface area contributed by atoms with Crippen LogP contribution in [-0.2, 0) is 0 Å². The number of piperidine rings is 1. The SMILES string of the molecule is OC1CCC(O)C(N2CCCCC2)C1O. The average molecular weight is 215 g/mol. The quantitative estimate of drug-likeness (QED) is 0.563. The van der Waals surface area contributed by atoms with Crippen LogP contribution in [0.3, 0.4) is 0 Å². The fourth-order valence-electron chi connectivity index (χ4n) is 2.81. The van der Waals surface area contributed by atoms with Crippen LogP contribution in [0.1, 0.15) is 32.1 Å². The maximum atomic E-state index is 9.91. The van der Waals surface area contributed by atoms with Crippen molar-refractivity contribution in [2.24, 2.45) is 0 Å². The Morgan fingerprint density at radius 2 is 1.40 bits per heavy atom. The summed E-state index contributed by atoms with van der Waals surface area (Å²) < 4.78 is 0. The van der Waals surface area contributed by atoms with Gasteiger partial charge in [0.2, 0.25) is 0 Å². The van der Waals surface area contributed by atoms with E-state index in [1.165, 1.54) is 6.42 Å². The second kappa shape index (κ2) is 4.78. The Morgan fingerprint density at radius 3 is 2.07 bits per heavy atom. The molecule has 2 aliphatic rings. The number of nitrogens with zero attached hydrogens (tertiary/aromatic N) is 1. The first-order valence-corrected chi connectivity index (χ1v) is 5.98. The van der Waals surface area contributed by atoms with Gasteiger partial charge in [0, 0.05) is 0 Å². The lowest BCUT2D eigenvalue weighted by atomic mass is 9.85. The van der Waals surface area contributed by atoms with Gasteiger partial charge in [-0.1, -0.05) is 6.42 Å². The van der Waals surface area contributed by atoms with Crippen LogP contribution in [-0.4, -0.2) is 57.7 Å². The predicted molar refractivity (Wildman–Crippen MR) is 56.5 cm³/mol. The Hall–Kier alpha value is -0.160. The molecular weight excluding hydrogens is 194 g/mol. The van der Waals surface area contributed by atoms with E-state index in [2.05, 4.69) is 4.90 Å². The van der Waals surface area contributed by atoms with Crippen molar-refractivity contribution in [3.05, 3.63) is 0 Å². The molecule has 0 radical (unpaired) electrons. The van der Waals surface area contributed by atoms with Crippen LogP contribution in [0.2, 0.25) is 0 Å². The lowest BCUT2D eigenvalue weighted by molar-refractivity contribution is -0.115. The average Bonchev–Trinajstić information content (AvgIpc) is 2.26. The molecule has 2 fully saturated rings. The molecule has 1 aliphatic carbocycles. The monoisotopic (exact) mass is 215 g/mol. The van der Waals surface area contributed by atoms with Crippen molar-refractivity contribution in [2.75, 3.05) is 13.1 Å². The molecule has 88 valence electrons. The summed E-state index contributed by atoms with van der Waals surface area (Å²) in [5.41, 5.74) is 0. The molecule has 0 bridgehead atoms. The fourth-order valence-corrected chi connectivity index (χ4v) is 2.81. The zero-order chi connectivity index (χ0) is 10.8. The predicted octanol–water partition coefficient (Wildman–Crippen LogP) is -0.283. The van der Waals surface area contributed by atoms with Crippen LogP contribution in [0, 0.1) is 0 Å². The number of hydrogen-bond acceptors (Lipinski definition) is 4. The van der Waals surface area contributed by atoms with Crippen molar-refractivity contribution in [3.8, 4) is 0 Å². The molecule has 0 aromatic carbocycles. The van der Waals surface area contributed by atoms with Crippen LogP contribution in [0.4, 0.5) is 0 Å². The Labute approximate surface area is 90.5 Å². The Kier molecular flexibility index (Phi) is 3.61. The summed E-state index contributed by atoms with van der Waals surface area (Å²) in [5.74, 6) is 0. The standard InChI is InChI=1S/C11H21NO3/c13-8-4-5-9(14)11(15)10(8)12-6-2-1-3-7-12/h8-11,13-15H,1-7H2. The highest BCUT2D eigenvalue weighted by Crippen LogP contribution is 2.26. The number of likely N-dealkylation sites (tertiary alicyclic amines) is 1. The van der Waals surface area contributed by atoms with Crippen molar-refractivity contribution in [1.82, 2.24) is 4.90 Å². The zero-order valence-corrected chi connectivity index (χ0v) is 9.05. The van der Waals surface area contributed by atoms with Gasteiger partial charge in [-0.2, -0.15) is 0 Å². The summed E-state index contributed by atoms with van der Waals surface area (Å²) in [4.78, 5) is 2.14. The minimum Gasteiger partial charge on any atom is -0.391 e. The molecule has 1 heterocycles. The molecule has 15 heavy (non-hydrogen) atoms. The highest BCUT2D eigenvalue weighted by atomic mass is 16.3. The minimum absolute atomic E-state index is 0.256. The molecule has 0 aromatic rings. The van der Waals surface area contributed by atoms with Crippen molar-refractivity contribution >= 4 is 0 Å². The molecule has 4 atom stereocenters. The number of rotatable bonds is 1. The van der Waals surface area contributed by atoms with E-state index in [9.17, 15) is 15.3 Å². The third kappa shape index (κ3) is 2.33. The van der Waals surface area contributed by atoms with Gasteiger partial charge in [-0.15, -0.1) is 0 Å². The lowest BCUT2D eigenvalue weighted by Gasteiger charge is -2.44. The second-order valence-corrected chi connectivity index (χ2v) is 4.79. The second-order valence-electron chi connectivity index (χ2n) is 4.79. The fraction of sp³-hybridized carbons (Fsp3) is 1.00. The molecule has 0 spiro atoms. The van der Waals surface area contributed by atoms with E-state index in [1.54, 1.807) is 0 Å². The van der Waals surface area contributed by atoms with E-state index >= 15 is 0 Å². The molecule has 1 aliphatic heterocycles. The summed E-state index contributed by atoms with van der Waals surface area (Å²) in [6.07, 6.45) is 2.66. The topological polar surface area (TPSA) is 63.9 Å². The number of aliphatic hydroxyl groups is 3. The molecule has 4 heteroatoms. The summed E-state index contributed by atoms with van der Waals surface area (Å²) >= 11 is 0. The summed E-state index contributed by atoms with van der Waals surface area (Å²) in [6, 6.07) is -0.256. The van der Waals surface area contributed by atoms with Crippen molar-refractivity contribution in [3.63, 3.8) is 0 Å². The van der Waals surface area contributed by atoms with E-state index in [0.29, 0.717) is 12.8 Å². The first-order valence-electron chi connectivity index (χ1n) is 5.98. The number of aliphatic hydroxyl groups excluding tert-OH is 3. The third-order valence-electron chi connectivity index (χ3n) is 3.71. The van der Waals surface area contributed by atoms with Crippen LogP contribution >= 0.6 is 0 Å². The first-order chi connectivity index (χ1) is 7.20. The van der Waals surface area contributed by atoms with E-state index < -0.39 is 18.3 Å². The van der Waals surface area contributed by atoms with Gasteiger partial charge < -0.3 is 15.3 Å². The largest absolute Gasteiger partial charge is 0.391 e. The summed E-state index contributed by atoms with van der Waals surface area (Å²) in [5, 5.41) is 29.4. The Morgan fingerprint density at radius 1 is 0.800 bits per heavy atom. The normalized spacial score (nSPS) is 44.2. The first kappa shape index (κ1) is 11.3. The Bertz CT molecular complexity index is 206. The van der Waals surface area contributed by atoms with Crippen LogP contribution in [0.25, 0.3) is 0 Å². The van der Waals surface area contributed by atoms with Gasteiger partial charge in [-0.3, -0.25) is 4.90 Å². The third-order valence-corrected chi connectivity index (χ3v) is 3.71. The van der Waals surface area contributed by atoms with E-state index in [-0.39, 0.29) is 6.04 Å². The number of hydrogen-bond donors (Lipinski definition) is 3. The molecule has 0 aromatic heterocycles. The summed E-state index contributed by atoms with van der Waals surface area (Å²) in [6.45, 7) is 1.87. The van der Waals surface area contributed by atoms with E-state index in [0.717, 1.165) is 25.9 Å². The van der Waals surface area contributed by atoms with E-state index in [4.69, 9.17) is 0 Å². The van der Waals surface area contributed by atoms with Gasteiger partial charge in [0.1, 0.15) is 0 Å². The van der Waals surface area contributed by atoms with Gasteiger partial charge in [0.25, 0.3) is 0 Å². The maximum Gasteiger partial charge on any atom is 0.0978 e. The molecule has 3 N–H and O–H groups in total. The van der Waals surface area contributed by atoms with Gasteiger partial charge in [0.15, 0.2) is 0 Å². The van der Waals surface area contributed by atoms with Crippen molar-refractivity contribution in [2.45, 2.75) is 56.5 Å². The molecule has 2 rings (SSSR count). The molecular formula is C11H21NO3. The van der Waals surface area contributed by atoms with E-state index in [1.807, 2.05) is 0 Å². The maximum absolute atomic E-state index is 9.91. The van der Waals surface area contributed by atoms with Gasteiger partial charge >= 0.3 is 0 Å². The lowest BCUT2D eigenvalue weighted by Crippen LogP contribution is -2.59. The highest BCUT2D eigenvalue weighted by molar-refractivity contribution is 4.94. The van der Waals surface area contributed by atoms with Gasteiger partial charge in [0.05, 0.1) is 24.4 Å². The summed E-state index contributed by atoms with van der Waals surface area (Å²) in [7, 11) is 0. The smallest absolute Gasteiger partial charge is 0.0978 e. The molecule has 1 saturated carbocycles. The van der Waals surface area contributed by atoms with Crippen LogP contribution in [0.15, 0.2) is 0 Å². The van der Waals surface area contributed by atoms with Crippen LogP contribution < -0.4 is 0 Å². The zero-order valence-electron chi connectivity index (χ0n) is 9.05. The molecule has 4 unspecified atom stereocenters. The van der Waals surface area contributed by atoms with Gasteiger partial charge in [-0.25, -0.2) is 0 Å². The van der Waals surface area contributed by atoms with Gasteiger partial charge in [-0.05, 0) is 38.8 Å². The Balaban J connectivity index is 2.02. The van der Waals surface area contributed by atoms with Crippen molar-refractivity contribution in [1.29, 1.82) is 0 Å².